The third kappa shape index (κ3) is 3.51. The molecule has 7 nitrogen and oxygen atoms in total. The SMILES string of the molecule is Cc1cnc(NC(=O)Cn2nc(Br)c3cc(Br)ccc3c2=O)nc1. The maximum absolute atomic E-state index is 12.5. The molecule has 0 fully saturated rings. The Bertz CT molecular complexity index is 986. The summed E-state index contributed by atoms with van der Waals surface area (Å²) in [6, 6.07) is 5.24. The fraction of sp³-hybridized carbons (Fsp3) is 0.133. The lowest BCUT2D eigenvalue weighted by molar-refractivity contribution is -0.117. The van der Waals surface area contributed by atoms with Gasteiger partial charge in [-0.1, -0.05) is 15.9 Å². The molecule has 1 aromatic carbocycles. The van der Waals surface area contributed by atoms with Crippen molar-refractivity contribution in [2.75, 3.05) is 5.32 Å². The van der Waals surface area contributed by atoms with E-state index in [1.54, 1.807) is 30.6 Å². The Morgan fingerprint density at radius 3 is 2.62 bits per heavy atom. The Morgan fingerprint density at radius 1 is 1.21 bits per heavy atom. The lowest BCUT2D eigenvalue weighted by atomic mass is 10.2. The zero-order valence-corrected chi connectivity index (χ0v) is 15.6. The molecule has 2 heterocycles. The number of hydrogen-bond acceptors (Lipinski definition) is 5. The van der Waals surface area contributed by atoms with Crippen molar-refractivity contribution in [1.82, 2.24) is 19.7 Å². The first-order valence-electron chi connectivity index (χ1n) is 6.88. The monoisotopic (exact) mass is 451 g/mol. The van der Waals surface area contributed by atoms with Gasteiger partial charge < -0.3 is 0 Å². The van der Waals surface area contributed by atoms with E-state index >= 15 is 0 Å². The van der Waals surface area contributed by atoms with Gasteiger partial charge in [0.15, 0.2) is 0 Å². The summed E-state index contributed by atoms with van der Waals surface area (Å²) in [5.41, 5.74) is 0.538. The minimum Gasteiger partial charge on any atom is -0.293 e. The van der Waals surface area contributed by atoms with Crippen molar-refractivity contribution in [3.63, 3.8) is 0 Å². The topological polar surface area (TPSA) is 89.8 Å². The number of carbonyl (C=O) groups excluding carboxylic acids is 1. The number of aryl methyl sites for hydroxylation is 1. The van der Waals surface area contributed by atoms with Gasteiger partial charge in [-0.25, -0.2) is 14.6 Å². The van der Waals surface area contributed by atoms with E-state index in [2.05, 4.69) is 52.2 Å². The summed E-state index contributed by atoms with van der Waals surface area (Å²) in [5, 5.41) is 7.82. The molecule has 3 rings (SSSR count). The molecule has 24 heavy (non-hydrogen) atoms. The van der Waals surface area contributed by atoms with Crippen LogP contribution in [0.1, 0.15) is 5.56 Å². The van der Waals surface area contributed by atoms with Gasteiger partial charge in [-0.2, -0.15) is 5.10 Å². The first-order chi connectivity index (χ1) is 11.4. The molecule has 0 saturated carbocycles. The van der Waals surface area contributed by atoms with Gasteiger partial charge in [0.05, 0.1) is 5.39 Å². The van der Waals surface area contributed by atoms with E-state index in [-0.39, 0.29) is 18.1 Å². The number of aromatic nitrogens is 4. The minimum absolute atomic E-state index is 0.183. The fourth-order valence-electron chi connectivity index (χ4n) is 2.08. The van der Waals surface area contributed by atoms with Crippen LogP contribution in [0.25, 0.3) is 10.8 Å². The molecule has 0 aliphatic heterocycles. The van der Waals surface area contributed by atoms with E-state index in [1.165, 1.54) is 0 Å². The minimum atomic E-state index is -0.434. The summed E-state index contributed by atoms with van der Waals surface area (Å²) in [6.07, 6.45) is 3.19. The number of carbonyl (C=O) groups is 1. The second-order valence-electron chi connectivity index (χ2n) is 5.08. The molecule has 3 aromatic rings. The Hall–Kier alpha value is -2.13. The van der Waals surface area contributed by atoms with Crippen LogP contribution in [-0.4, -0.2) is 25.7 Å². The number of nitrogens with zero attached hydrogens (tertiary/aromatic N) is 4. The molecule has 0 radical (unpaired) electrons. The van der Waals surface area contributed by atoms with Crippen molar-refractivity contribution >= 4 is 54.5 Å². The third-order valence-corrected chi connectivity index (χ3v) is 4.28. The van der Waals surface area contributed by atoms with Crippen LogP contribution >= 0.6 is 31.9 Å². The Kier molecular flexibility index (Phi) is 4.72. The second-order valence-corrected chi connectivity index (χ2v) is 6.74. The number of anilines is 1. The summed E-state index contributed by atoms with van der Waals surface area (Å²) in [4.78, 5) is 32.6. The molecule has 0 saturated heterocycles. The number of nitrogens with one attached hydrogen (secondary N) is 1. The van der Waals surface area contributed by atoms with Crippen molar-refractivity contribution in [3.05, 3.63) is 55.6 Å². The number of fused-ring (bicyclic) bond motifs is 1. The Balaban J connectivity index is 1.88. The van der Waals surface area contributed by atoms with Crippen LogP contribution in [0.2, 0.25) is 0 Å². The van der Waals surface area contributed by atoms with Crippen molar-refractivity contribution in [3.8, 4) is 0 Å². The van der Waals surface area contributed by atoms with E-state index in [4.69, 9.17) is 0 Å². The van der Waals surface area contributed by atoms with Crippen molar-refractivity contribution < 1.29 is 4.79 Å². The Labute approximate surface area is 153 Å². The highest BCUT2D eigenvalue weighted by Gasteiger charge is 2.13. The quantitative estimate of drug-likeness (QED) is 0.659. The molecular formula is C15H11Br2N5O2. The zero-order valence-electron chi connectivity index (χ0n) is 12.5. The van der Waals surface area contributed by atoms with Crippen molar-refractivity contribution in [2.45, 2.75) is 13.5 Å². The maximum Gasteiger partial charge on any atom is 0.275 e. The van der Waals surface area contributed by atoms with Crippen molar-refractivity contribution in [2.24, 2.45) is 0 Å². The predicted octanol–water partition coefficient (Wildman–Crippen LogP) is 2.66. The van der Waals surface area contributed by atoms with Crippen LogP contribution in [-0.2, 0) is 11.3 Å². The molecule has 0 atom stereocenters. The third-order valence-electron chi connectivity index (χ3n) is 3.20. The second kappa shape index (κ2) is 6.78. The van der Waals surface area contributed by atoms with Crippen LogP contribution < -0.4 is 10.9 Å². The normalized spacial score (nSPS) is 10.8. The van der Waals surface area contributed by atoms with Gasteiger partial charge in [0, 0.05) is 22.3 Å². The number of amides is 1. The number of hydrogen-bond donors (Lipinski definition) is 1. The van der Waals surface area contributed by atoms with Gasteiger partial charge in [-0.15, -0.1) is 0 Å². The maximum atomic E-state index is 12.5. The molecule has 0 aliphatic rings. The van der Waals surface area contributed by atoms with Gasteiger partial charge in [-0.3, -0.25) is 14.9 Å². The van der Waals surface area contributed by atoms with E-state index in [9.17, 15) is 9.59 Å². The molecule has 122 valence electrons. The summed E-state index contributed by atoms with van der Waals surface area (Å²) in [5.74, 6) is -0.251. The first-order valence-corrected chi connectivity index (χ1v) is 8.47. The number of rotatable bonds is 3. The van der Waals surface area contributed by atoms with Crippen molar-refractivity contribution in [1.29, 1.82) is 0 Å². The van der Waals surface area contributed by atoms with Crippen LogP contribution in [0, 0.1) is 6.92 Å². The fourth-order valence-corrected chi connectivity index (χ4v) is 2.96. The highest BCUT2D eigenvalue weighted by atomic mass is 79.9. The van der Waals surface area contributed by atoms with E-state index in [0.717, 1.165) is 14.7 Å². The lowest BCUT2D eigenvalue weighted by Gasteiger charge is -2.08. The van der Waals surface area contributed by atoms with E-state index < -0.39 is 5.91 Å². The number of halogens is 2. The van der Waals surface area contributed by atoms with Gasteiger partial charge in [0.2, 0.25) is 11.9 Å². The summed E-state index contributed by atoms with van der Waals surface area (Å²) >= 11 is 6.69. The molecule has 0 unspecified atom stereocenters. The number of benzene rings is 1. The average molecular weight is 453 g/mol. The summed E-state index contributed by atoms with van der Waals surface area (Å²) in [7, 11) is 0. The van der Waals surface area contributed by atoms with Gasteiger partial charge >= 0.3 is 0 Å². The molecule has 9 heteroatoms. The highest BCUT2D eigenvalue weighted by Crippen LogP contribution is 2.22. The van der Waals surface area contributed by atoms with E-state index in [0.29, 0.717) is 15.4 Å². The largest absolute Gasteiger partial charge is 0.293 e. The smallest absolute Gasteiger partial charge is 0.275 e. The van der Waals surface area contributed by atoms with Crippen LogP contribution in [0.4, 0.5) is 5.95 Å². The zero-order chi connectivity index (χ0) is 17.3. The molecule has 0 spiro atoms. The molecule has 0 aliphatic carbocycles. The molecule has 1 N–H and O–H groups in total. The molecule has 1 amide bonds. The van der Waals surface area contributed by atoms with Crippen LogP contribution in [0.15, 0.2) is 44.5 Å². The predicted molar refractivity (Wildman–Crippen MR) is 96.8 cm³/mol. The van der Waals surface area contributed by atoms with Crippen LogP contribution in [0.5, 0.6) is 0 Å². The average Bonchev–Trinajstić information content (AvgIpc) is 2.54. The summed E-state index contributed by atoms with van der Waals surface area (Å²) < 4.78 is 2.42. The highest BCUT2D eigenvalue weighted by molar-refractivity contribution is 9.11. The standard InChI is InChI=1S/C15H11Br2N5O2/c1-8-5-18-15(19-6-8)20-12(23)7-22-14(24)10-3-2-9(16)4-11(10)13(17)21-22/h2-6H,7H2,1H3,(H,18,19,20,23). The first kappa shape index (κ1) is 16.7. The van der Waals surface area contributed by atoms with E-state index in [1.807, 2.05) is 6.92 Å². The van der Waals surface area contributed by atoms with Gasteiger partial charge in [0.1, 0.15) is 11.1 Å². The van der Waals surface area contributed by atoms with Gasteiger partial charge in [-0.05, 0) is 46.6 Å². The Morgan fingerprint density at radius 2 is 1.92 bits per heavy atom. The molecular weight excluding hydrogens is 442 g/mol. The summed E-state index contributed by atoms with van der Waals surface area (Å²) in [6.45, 7) is 1.61. The van der Waals surface area contributed by atoms with Gasteiger partial charge in [0.25, 0.3) is 5.56 Å². The molecule has 0 bridgehead atoms. The lowest BCUT2D eigenvalue weighted by Crippen LogP contribution is -2.30. The molecule has 2 aromatic heterocycles. The van der Waals surface area contributed by atoms with Crippen LogP contribution in [0.3, 0.4) is 0 Å².